The van der Waals surface area contributed by atoms with E-state index in [9.17, 15) is 15.0 Å². The molecule has 4 saturated carbocycles. The molecule has 166 valence electrons. The maximum atomic E-state index is 11.6. The summed E-state index contributed by atoms with van der Waals surface area (Å²) in [6.07, 6.45) is 9.45. The van der Waals surface area contributed by atoms with Crippen LogP contribution in [0.2, 0.25) is 0 Å². The van der Waals surface area contributed by atoms with Gasteiger partial charge in [-0.05, 0) is 104 Å². The summed E-state index contributed by atoms with van der Waals surface area (Å²) in [5.74, 6) is 3.47. The summed E-state index contributed by atoms with van der Waals surface area (Å²) in [5.41, 5.74) is 0.266. The molecule has 4 nitrogen and oxygen atoms in total. The summed E-state index contributed by atoms with van der Waals surface area (Å²) < 4.78 is 0. The highest BCUT2D eigenvalue weighted by molar-refractivity contribution is 5.66. The lowest BCUT2D eigenvalue weighted by molar-refractivity contribution is -0.191. The van der Waals surface area contributed by atoms with Crippen molar-refractivity contribution in [2.75, 3.05) is 0 Å². The second-order valence-corrected chi connectivity index (χ2v) is 11.3. The molecule has 0 unspecified atom stereocenters. The van der Waals surface area contributed by atoms with Gasteiger partial charge in [-0.1, -0.05) is 27.2 Å². The molecular formula is C25H42O4. The molecule has 0 saturated heterocycles. The number of carboxylic acids is 1. The number of carboxylic acid groups (broad SMARTS) is 1. The van der Waals surface area contributed by atoms with E-state index in [0.717, 1.165) is 32.1 Å². The van der Waals surface area contributed by atoms with E-state index in [0.29, 0.717) is 47.3 Å². The summed E-state index contributed by atoms with van der Waals surface area (Å²) in [6, 6.07) is 0. The minimum absolute atomic E-state index is 0.187. The van der Waals surface area contributed by atoms with Crippen LogP contribution in [-0.2, 0) is 4.79 Å². The molecule has 4 aliphatic rings. The zero-order chi connectivity index (χ0) is 20.9. The Morgan fingerprint density at radius 1 is 1.07 bits per heavy atom. The Morgan fingerprint density at radius 2 is 1.79 bits per heavy atom. The molecule has 0 aliphatic heterocycles. The third-order valence-electron chi connectivity index (χ3n) is 10.3. The Balaban J connectivity index is 1.56. The highest BCUT2D eigenvalue weighted by atomic mass is 16.4. The molecule has 0 heterocycles. The SMILES string of the molecule is CC[C@H]1[C@@H](O)[C@H]2[C@@H]3CC[C@H]([C@H](C)CCC(=O)O)[C@H]3CC[C@@H]2[C@@]2(C)CC[C@@H](O)C[C@@H]12. The van der Waals surface area contributed by atoms with Gasteiger partial charge < -0.3 is 15.3 Å². The molecule has 4 fully saturated rings. The van der Waals surface area contributed by atoms with Gasteiger partial charge in [-0.15, -0.1) is 0 Å². The summed E-state index contributed by atoms with van der Waals surface area (Å²) in [5, 5.41) is 31.1. The van der Waals surface area contributed by atoms with Gasteiger partial charge in [0.2, 0.25) is 0 Å². The van der Waals surface area contributed by atoms with Crippen LogP contribution in [-0.4, -0.2) is 33.5 Å². The lowest BCUT2D eigenvalue weighted by atomic mass is 9.43. The standard InChI is InChI=1S/C25H42O4/c1-4-16-21-13-15(26)11-12-25(21,3)20-9-8-18-17(14(2)5-10-22(27)28)6-7-19(18)23(20)24(16)29/h14-21,23-24,26,29H,4-13H2,1-3H3,(H,27,28)/t14-,15-,16-,17-,18-,19-,20+,21+,23+,24-,25-/m1/s1. The normalized spacial score (nSPS) is 50.3. The zero-order valence-corrected chi connectivity index (χ0v) is 18.6. The van der Waals surface area contributed by atoms with Crippen molar-refractivity contribution in [3.05, 3.63) is 0 Å². The van der Waals surface area contributed by atoms with Crippen LogP contribution in [0.4, 0.5) is 0 Å². The summed E-state index contributed by atoms with van der Waals surface area (Å²) in [4.78, 5) is 11.0. The minimum Gasteiger partial charge on any atom is -0.481 e. The van der Waals surface area contributed by atoms with E-state index in [2.05, 4.69) is 20.8 Å². The van der Waals surface area contributed by atoms with Crippen molar-refractivity contribution in [3.8, 4) is 0 Å². The third-order valence-corrected chi connectivity index (χ3v) is 10.3. The van der Waals surface area contributed by atoms with Crippen molar-refractivity contribution < 1.29 is 20.1 Å². The van der Waals surface area contributed by atoms with Crippen molar-refractivity contribution in [1.29, 1.82) is 0 Å². The van der Waals surface area contributed by atoms with Crippen molar-refractivity contribution in [1.82, 2.24) is 0 Å². The highest BCUT2D eigenvalue weighted by Crippen LogP contribution is 2.66. The van der Waals surface area contributed by atoms with E-state index < -0.39 is 5.97 Å². The second kappa shape index (κ2) is 8.15. The molecule has 3 N–H and O–H groups in total. The maximum absolute atomic E-state index is 11.6. The fourth-order valence-electron chi connectivity index (χ4n) is 8.95. The fourth-order valence-corrected chi connectivity index (χ4v) is 8.95. The molecule has 0 radical (unpaired) electrons. The summed E-state index contributed by atoms with van der Waals surface area (Å²) in [7, 11) is 0. The number of aliphatic carboxylic acids is 1. The van der Waals surface area contributed by atoms with Gasteiger partial charge in [-0.25, -0.2) is 0 Å². The van der Waals surface area contributed by atoms with Gasteiger partial charge in [-0.2, -0.15) is 0 Å². The molecule has 4 heteroatoms. The van der Waals surface area contributed by atoms with Crippen molar-refractivity contribution in [3.63, 3.8) is 0 Å². The van der Waals surface area contributed by atoms with Gasteiger partial charge >= 0.3 is 5.97 Å². The molecule has 0 amide bonds. The van der Waals surface area contributed by atoms with Gasteiger partial charge in [0, 0.05) is 6.42 Å². The average Bonchev–Trinajstić information content (AvgIpc) is 3.12. The Bertz CT molecular complexity index is 606. The highest BCUT2D eigenvalue weighted by Gasteiger charge is 2.62. The molecule has 0 aromatic rings. The van der Waals surface area contributed by atoms with Crippen LogP contribution >= 0.6 is 0 Å². The van der Waals surface area contributed by atoms with Gasteiger partial charge in [0.15, 0.2) is 0 Å². The van der Waals surface area contributed by atoms with E-state index in [1.165, 1.54) is 25.7 Å². The lowest BCUT2D eigenvalue weighted by Crippen LogP contribution is -2.60. The van der Waals surface area contributed by atoms with E-state index in [4.69, 9.17) is 5.11 Å². The van der Waals surface area contributed by atoms with Crippen LogP contribution in [0.15, 0.2) is 0 Å². The number of carbonyl (C=O) groups is 1. The van der Waals surface area contributed by atoms with Crippen LogP contribution in [0.25, 0.3) is 0 Å². The van der Waals surface area contributed by atoms with Crippen LogP contribution in [0, 0.1) is 52.8 Å². The molecular weight excluding hydrogens is 364 g/mol. The monoisotopic (exact) mass is 406 g/mol. The number of hydrogen-bond acceptors (Lipinski definition) is 3. The first-order valence-corrected chi connectivity index (χ1v) is 12.4. The number of rotatable bonds is 5. The zero-order valence-electron chi connectivity index (χ0n) is 18.6. The first-order valence-electron chi connectivity index (χ1n) is 12.4. The average molecular weight is 407 g/mol. The van der Waals surface area contributed by atoms with E-state index in [-0.39, 0.29) is 24.0 Å². The van der Waals surface area contributed by atoms with Crippen LogP contribution in [0.5, 0.6) is 0 Å². The number of hydrogen-bond donors (Lipinski definition) is 3. The lowest BCUT2D eigenvalue weighted by Gasteiger charge is -2.63. The number of aliphatic hydroxyl groups excluding tert-OH is 2. The number of aliphatic hydroxyl groups is 2. The Hall–Kier alpha value is -0.610. The minimum atomic E-state index is -0.679. The van der Waals surface area contributed by atoms with Crippen LogP contribution in [0.1, 0.15) is 85.0 Å². The number of fused-ring (bicyclic) bond motifs is 5. The summed E-state index contributed by atoms with van der Waals surface area (Å²) in [6.45, 7) is 6.97. The van der Waals surface area contributed by atoms with Crippen LogP contribution < -0.4 is 0 Å². The van der Waals surface area contributed by atoms with Crippen molar-refractivity contribution in [2.24, 2.45) is 52.8 Å². The molecule has 0 spiro atoms. The first kappa shape index (κ1) is 21.6. The maximum Gasteiger partial charge on any atom is 0.303 e. The topological polar surface area (TPSA) is 77.8 Å². The predicted octanol–water partition coefficient (Wildman–Crippen LogP) is 4.72. The predicted molar refractivity (Wildman–Crippen MR) is 113 cm³/mol. The molecule has 11 atom stereocenters. The largest absolute Gasteiger partial charge is 0.481 e. The smallest absolute Gasteiger partial charge is 0.303 e. The molecule has 4 aliphatic carbocycles. The Labute approximate surface area is 176 Å². The Kier molecular flexibility index (Phi) is 6.07. The van der Waals surface area contributed by atoms with Crippen LogP contribution in [0.3, 0.4) is 0 Å². The first-order chi connectivity index (χ1) is 13.8. The fraction of sp³-hybridized carbons (Fsp3) is 0.960. The van der Waals surface area contributed by atoms with E-state index >= 15 is 0 Å². The summed E-state index contributed by atoms with van der Waals surface area (Å²) >= 11 is 0. The molecule has 29 heavy (non-hydrogen) atoms. The molecule has 4 rings (SSSR count). The van der Waals surface area contributed by atoms with Gasteiger partial charge in [0.25, 0.3) is 0 Å². The third kappa shape index (κ3) is 3.56. The molecule has 0 bridgehead atoms. The van der Waals surface area contributed by atoms with E-state index in [1.807, 2.05) is 0 Å². The quantitative estimate of drug-likeness (QED) is 0.617. The molecule has 0 aromatic carbocycles. The van der Waals surface area contributed by atoms with E-state index in [1.54, 1.807) is 0 Å². The molecule has 0 aromatic heterocycles. The second-order valence-electron chi connectivity index (χ2n) is 11.3. The Morgan fingerprint density at radius 3 is 2.48 bits per heavy atom. The van der Waals surface area contributed by atoms with Crippen molar-refractivity contribution in [2.45, 2.75) is 97.2 Å². The van der Waals surface area contributed by atoms with Gasteiger partial charge in [0.05, 0.1) is 12.2 Å². The van der Waals surface area contributed by atoms with Crippen molar-refractivity contribution >= 4 is 5.97 Å². The van der Waals surface area contributed by atoms with Gasteiger partial charge in [-0.3, -0.25) is 4.79 Å². The van der Waals surface area contributed by atoms with Gasteiger partial charge in [0.1, 0.15) is 0 Å².